The first-order valence-corrected chi connectivity index (χ1v) is 5.23. The van der Waals surface area contributed by atoms with Crippen molar-refractivity contribution in [3.05, 3.63) is 21.9 Å². The third-order valence-corrected chi connectivity index (χ3v) is 2.61. The number of thiophene rings is 1. The van der Waals surface area contributed by atoms with E-state index in [-0.39, 0.29) is 0 Å². The summed E-state index contributed by atoms with van der Waals surface area (Å²) in [5.74, 6) is 0.676. The van der Waals surface area contributed by atoms with Crippen molar-refractivity contribution in [3.8, 4) is 6.07 Å². The van der Waals surface area contributed by atoms with E-state index in [0.717, 1.165) is 18.0 Å². The fourth-order valence-corrected chi connectivity index (χ4v) is 1.79. The van der Waals surface area contributed by atoms with Crippen LogP contribution in [-0.4, -0.2) is 6.54 Å². The van der Waals surface area contributed by atoms with Crippen molar-refractivity contribution < 1.29 is 0 Å². The zero-order valence-corrected chi connectivity index (χ0v) is 8.82. The van der Waals surface area contributed by atoms with Crippen molar-refractivity contribution >= 4 is 11.3 Å². The highest BCUT2D eigenvalue weighted by Crippen LogP contribution is 2.14. The van der Waals surface area contributed by atoms with E-state index in [4.69, 9.17) is 5.26 Å². The summed E-state index contributed by atoms with van der Waals surface area (Å²) in [6.07, 6.45) is 0. The summed E-state index contributed by atoms with van der Waals surface area (Å²) in [4.78, 5) is 2.03. The van der Waals surface area contributed by atoms with Gasteiger partial charge in [-0.3, -0.25) is 0 Å². The fourth-order valence-electron chi connectivity index (χ4n) is 1.02. The fraction of sp³-hybridized carbons (Fsp3) is 0.500. The Balaban J connectivity index is 2.34. The molecule has 0 saturated carbocycles. The monoisotopic (exact) mass is 194 g/mol. The summed E-state index contributed by atoms with van der Waals surface area (Å²) in [7, 11) is 0. The Morgan fingerprint density at radius 1 is 1.54 bits per heavy atom. The average Bonchev–Trinajstić information content (AvgIpc) is 2.52. The molecule has 0 aliphatic carbocycles. The van der Waals surface area contributed by atoms with Gasteiger partial charge in [-0.2, -0.15) is 5.26 Å². The molecule has 0 fully saturated rings. The SMILES string of the molecule is CC(C)CNCc1ccc(C#N)s1. The molecule has 0 spiro atoms. The highest BCUT2D eigenvalue weighted by molar-refractivity contribution is 7.12. The first-order valence-electron chi connectivity index (χ1n) is 4.42. The van der Waals surface area contributed by atoms with Gasteiger partial charge >= 0.3 is 0 Å². The second-order valence-electron chi connectivity index (χ2n) is 3.40. The minimum atomic E-state index is 0.676. The molecule has 1 N–H and O–H groups in total. The van der Waals surface area contributed by atoms with E-state index >= 15 is 0 Å². The molecular formula is C10H14N2S. The Morgan fingerprint density at radius 3 is 2.85 bits per heavy atom. The minimum absolute atomic E-state index is 0.676. The molecule has 1 aromatic rings. The molecule has 0 aliphatic heterocycles. The van der Waals surface area contributed by atoms with Gasteiger partial charge in [0, 0.05) is 11.4 Å². The van der Waals surface area contributed by atoms with Gasteiger partial charge in [0.15, 0.2) is 0 Å². The van der Waals surface area contributed by atoms with Gasteiger partial charge in [0.25, 0.3) is 0 Å². The summed E-state index contributed by atoms with van der Waals surface area (Å²) in [5.41, 5.74) is 0. The number of nitrogens with zero attached hydrogens (tertiary/aromatic N) is 1. The standard InChI is InChI=1S/C10H14N2S/c1-8(2)6-12-7-10-4-3-9(5-11)13-10/h3-4,8,12H,6-7H2,1-2H3. The van der Waals surface area contributed by atoms with Crippen LogP contribution < -0.4 is 5.32 Å². The van der Waals surface area contributed by atoms with Crippen molar-refractivity contribution in [2.24, 2.45) is 5.92 Å². The smallest absolute Gasteiger partial charge is 0.110 e. The summed E-state index contributed by atoms with van der Waals surface area (Å²) in [6.45, 7) is 6.27. The van der Waals surface area contributed by atoms with Crippen molar-refractivity contribution in [1.82, 2.24) is 5.32 Å². The lowest BCUT2D eigenvalue weighted by Gasteiger charge is -2.04. The van der Waals surface area contributed by atoms with E-state index in [1.54, 1.807) is 11.3 Å². The lowest BCUT2D eigenvalue weighted by molar-refractivity contribution is 0.555. The van der Waals surface area contributed by atoms with Gasteiger partial charge in [-0.15, -0.1) is 11.3 Å². The lowest BCUT2D eigenvalue weighted by Crippen LogP contribution is -2.18. The maximum atomic E-state index is 8.60. The molecule has 0 aliphatic rings. The average molecular weight is 194 g/mol. The van der Waals surface area contributed by atoms with Gasteiger partial charge in [-0.1, -0.05) is 13.8 Å². The van der Waals surface area contributed by atoms with Crippen LogP contribution >= 0.6 is 11.3 Å². The maximum absolute atomic E-state index is 8.60. The van der Waals surface area contributed by atoms with E-state index in [1.807, 2.05) is 12.1 Å². The summed E-state index contributed by atoms with van der Waals surface area (Å²) in [5, 5.41) is 11.9. The third-order valence-electron chi connectivity index (χ3n) is 1.62. The summed E-state index contributed by atoms with van der Waals surface area (Å²) in [6, 6.07) is 6.02. The van der Waals surface area contributed by atoms with Gasteiger partial charge in [-0.05, 0) is 24.6 Å². The molecule has 3 heteroatoms. The number of hydrogen-bond donors (Lipinski definition) is 1. The van der Waals surface area contributed by atoms with Crippen molar-refractivity contribution in [1.29, 1.82) is 5.26 Å². The predicted octanol–water partition coefficient (Wildman–Crippen LogP) is 2.37. The molecule has 0 bridgehead atoms. The summed E-state index contributed by atoms with van der Waals surface area (Å²) < 4.78 is 0. The van der Waals surface area contributed by atoms with E-state index in [0.29, 0.717) is 5.92 Å². The Labute approximate surface area is 83.2 Å². The van der Waals surface area contributed by atoms with Crippen LogP contribution in [0.2, 0.25) is 0 Å². The highest BCUT2D eigenvalue weighted by Gasteiger charge is 1.98. The Kier molecular flexibility index (Phi) is 3.94. The van der Waals surface area contributed by atoms with Crippen LogP contribution in [0.4, 0.5) is 0 Å². The van der Waals surface area contributed by atoms with Crippen LogP contribution in [0, 0.1) is 17.2 Å². The molecule has 0 radical (unpaired) electrons. The second-order valence-corrected chi connectivity index (χ2v) is 4.57. The molecule has 1 rings (SSSR count). The van der Waals surface area contributed by atoms with E-state index in [2.05, 4.69) is 25.2 Å². The molecule has 0 saturated heterocycles. The van der Waals surface area contributed by atoms with E-state index in [9.17, 15) is 0 Å². The lowest BCUT2D eigenvalue weighted by atomic mass is 10.2. The van der Waals surface area contributed by atoms with Crippen LogP contribution in [0.3, 0.4) is 0 Å². The third kappa shape index (κ3) is 3.58. The summed E-state index contributed by atoms with van der Waals surface area (Å²) >= 11 is 1.56. The van der Waals surface area contributed by atoms with Crippen molar-refractivity contribution in [2.75, 3.05) is 6.54 Å². The van der Waals surface area contributed by atoms with Crippen LogP contribution in [0.1, 0.15) is 23.6 Å². The number of nitrogens with one attached hydrogen (secondary N) is 1. The van der Waals surface area contributed by atoms with Gasteiger partial charge in [0.2, 0.25) is 0 Å². The molecule has 1 aromatic heterocycles. The molecule has 2 nitrogen and oxygen atoms in total. The molecule has 1 heterocycles. The molecule has 0 unspecified atom stereocenters. The van der Waals surface area contributed by atoms with E-state index in [1.165, 1.54) is 4.88 Å². The zero-order chi connectivity index (χ0) is 9.68. The Morgan fingerprint density at radius 2 is 2.31 bits per heavy atom. The van der Waals surface area contributed by atoms with Gasteiger partial charge in [0.05, 0.1) is 0 Å². The topological polar surface area (TPSA) is 35.8 Å². The second kappa shape index (κ2) is 5.00. The van der Waals surface area contributed by atoms with Gasteiger partial charge < -0.3 is 5.32 Å². The van der Waals surface area contributed by atoms with E-state index < -0.39 is 0 Å². The quantitative estimate of drug-likeness (QED) is 0.798. The largest absolute Gasteiger partial charge is 0.312 e. The number of nitriles is 1. The zero-order valence-electron chi connectivity index (χ0n) is 8.00. The predicted molar refractivity (Wildman–Crippen MR) is 55.6 cm³/mol. The molecule has 0 aromatic carbocycles. The molecule has 13 heavy (non-hydrogen) atoms. The molecule has 0 amide bonds. The molecule has 70 valence electrons. The van der Waals surface area contributed by atoms with Crippen LogP contribution in [0.5, 0.6) is 0 Å². The van der Waals surface area contributed by atoms with Crippen LogP contribution in [0.25, 0.3) is 0 Å². The number of rotatable bonds is 4. The number of hydrogen-bond acceptors (Lipinski definition) is 3. The van der Waals surface area contributed by atoms with Gasteiger partial charge in [0.1, 0.15) is 10.9 Å². The Hall–Kier alpha value is -0.850. The highest BCUT2D eigenvalue weighted by atomic mass is 32.1. The first-order chi connectivity index (χ1) is 6.22. The molecule has 0 atom stereocenters. The van der Waals surface area contributed by atoms with Crippen LogP contribution in [0.15, 0.2) is 12.1 Å². The normalized spacial score (nSPS) is 10.3. The van der Waals surface area contributed by atoms with Crippen molar-refractivity contribution in [2.45, 2.75) is 20.4 Å². The van der Waals surface area contributed by atoms with Crippen LogP contribution in [-0.2, 0) is 6.54 Å². The van der Waals surface area contributed by atoms with Gasteiger partial charge in [-0.25, -0.2) is 0 Å². The maximum Gasteiger partial charge on any atom is 0.110 e. The minimum Gasteiger partial charge on any atom is -0.312 e. The first kappa shape index (κ1) is 10.2. The van der Waals surface area contributed by atoms with Crippen molar-refractivity contribution in [3.63, 3.8) is 0 Å². The molecular weight excluding hydrogens is 180 g/mol. The Bertz CT molecular complexity index is 296.